The van der Waals surface area contributed by atoms with Crippen molar-refractivity contribution < 1.29 is 4.39 Å². The lowest BCUT2D eigenvalue weighted by molar-refractivity contribution is 0.103. The van der Waals surface area contributed by atoms with Crippen LogP contribution in [0.25, 0.3) is 11.1 Å². The van der Waals surface area contributed by atoms with Crippen molar-refractivity contribution in [3.05, 3.63) is 59.3 Å². The maximum absolute atomic E-state index is 15.0. The number of nitrogens with zero attached hydrogens (tertiary/aromatic N) is 3. The molecule has 1 aliphatic heterocycles. The van der Waals surface area contributed by atoms with Crippen LogP contribution < -0.4 is 5.32 Å². The van der Waals surface area contributed by atoms with E-state index >= 15 is 4.39 Å². The average Bonchev–Trinajstić information content (AvgIpc) is 3.21. The van der Waals surface area contributed by atoms with E-state index in [2.05, 4.69) is 72.5 Å². The van der Waals surface area contributed by atoms with E-state index in [0.717, 1.165) is 29.0 Å². The number of aromatic amines is 1. The molecule has 0 unspecified atom stereocenters. The molecular weight excluding hydrogens is 409 g/mol. The lowest BCUT2D eigenvalue weighted by Crippen LogP contribution is -2.61. The normalized spacial score (nSPS) is 18.5. The number of hydrogen-bond donors (Lipinski definition) is 2. The molecule has 1 aromatic heterocycles. The van der Waals surface area contributed by atoms with Crippen molar-refractivity contribution in [1.82, 2.24) is 20.4 Å². The number of piperidine rings is 1. The van der Waals surface area contributed by atoms with Gasteiger partial charge in [-0.2, -0.15) is 5.10 Å². The van der Waals surface area contributed by atoms with Gasteiger partial charge >= 0.3 is 0 Å². The maximum atomic E-state index is 15.0. The van der Waals surface area contributed by atoms with Gasteiger partial charge in [0.25, 0.3) is 0 Å². The Labute approximate surface area is 188 Å². The summed E-state index contributed by atoms with van der Waals surface area (Å²) in [5.74, 6) is -0.318. The smallest absolute Gasteiger partial charge is 0.133 e. The topological polar surface area (TPSA) is 56.3 Å². The van der Waals surface area contributed by atoms with Crippen molar-refractivity contribution >= 4 is 16.8 Å². The molecule has 2 aromatic rings. The highest BCUT2D eigenvalue weighted by Gasteiger charge is 2.39. The van der Waals surface area contributed by atoms with Gasteiger partial charge in [0.15, 0.2) is 0 Å². The summed E-state index contributed by atoms with van der Waals surface area (Å²) in [6.45, 7) is 12.8. The van der Waals surface area contributed by atoms with E-state index in [9.17, 15) is 0 Å². The Balaban J connectivity index is 1.81. The maximum Gasteiger partial charge on any atom is 0.133 e. The summed E-state index contributed by atoms with van der Waals surface area (Å²) < 4.78 is 15.0. The van der Waals surface area contributed by atoms with Crippen molar-refractivity contribution in [3.8, 4) is 11.1 Å². The molecule has 31 heavy (non-hydrogen) atoms. The van der Waals surface area contributed by atoms with E-state index in [-0.39, 0.29) is 16.9 Å². The molecule has 2 heterocycles. The molecule has 0 atom stereocenters. The molecular formula is C24H32FN5S. The largest absolute Gasteiger partial charge is 0.360 e. The highest BCUT2D eigenvalue weighted by atomic mass is 32.2. The van der Waals surface area contributed by atoms with Crippen LogP contribution in [0.15, 0.2) is 52.9 Å². The molecule has 1 aromatic carbocycles. The molecule has 0 amide bonds. The average molecular weight is 442 g/mol. The third-order valence-corrected chi connectivity index (χ3v) is 6.84. The van der Waals surface area contributed by atoms with Crippen LogP contribution in [-0.4, -0.2) is 51.4 Å². The Kier molecular flexibility index (Phi) is 6.79. The molecule has 0 bridgehead atoms. The van der Waals surface area contributed by atoms with Gasteiger partial charge in [0, 0.05) is 48.5 Å². The van der Waals surface area contributed by atoms with E-state index in [1.807, 2.05) is 6.07 Å². The summed E-state index contributed by atoms with van der Waals surface area (Å²) in [5.41, 5.74) is 5.18. The van der Waals surface area contributed by atoms with Crippen LogP contribution in [0.1, 0.15) is 46.1 Å². The van der Waals surface area contributed by atoms with Gasteiger partial charge in [-0.25, -0.2) is 4.39 Å². The molecule has 0 saturated carbocycles. The van der Waals surface area contributed by atoms with E-state index in [1.54, 1.807) is 25.5 Å². The predicted molar refractivity (Wildman–Crippen MR) is 129 cm³/mol. The summed E-state index contributed by atoms with van der Waals surface area (Å²) in [4.78, 5) is 6.59. The number of nitrogens with one attached hydrogen (secondary N) is 2. The Bertz CT molecular complexity index is 987. The van der Waals surface area contributed by atoms with Crippen molar-refractivity contribution in [3.63, 3.8) is 0 Å². The first-order valence-corrected chi connectivity index (χ1v) is 11.2. The van der Waals surface area contributed by atoms with Crippen molar-refractivity contribution in [1.29, 1.82) is 0 Å². The highest BCUT2D eigenvalue weighted by molar-refractivity contribution is 8.17. The number of H-pyrrole nitrogens is 1. The Morgan fingerprint density at radius 2 is 1.94 bits per heavy atom. The minimum atomic E-state index is -0.318. The molecule has 0 aliphatic carbocycles. The van der Waals surface area contributed by atoms with Gasteiger partial charge in [-0.15, -0.1) is 0 Å². The van der Waals surface area contributed by atoms with Crippen molar-refractivity contribution in [2.24, 2.45) is 4.99 Å². The minimum absolute atomic E-state index is 0.0221. The minimum Gasteiger partial charge on any atom is -0.360 e. The van der Waals surface area contributed by atoms with Gasteiger partial charge < -0.3 is 10.2 Å². The second kappa shape index (κ2) is 9.03. The zero-order chi connectivity index (χ0) is 22.8. The molecule has 0 radical (unpaired) electrons. The Hall–Kier alpha value is -2.34. The molecule has 1 aliphatic rings. The van der Waals surface area contributed by atoms with Gasteiger partial charge in [0.2, 0.25) is 0 Å². The number of rotatable bonds is 5. The first-order valence-electron chi connectivity index (χ1n) is 10.4. The Morgan fingerprint density at radius 3 is 2.45 bits per heavy atom. The van der Waals surface area contributed by atoms with Crippen LogP contribution in [0.4, 0.5) is 4.39 Å². The van der Waals surface area contributed by atoms with Crippen LogP contribution in [0, 0.1) is 5.82 Å². The number of aromatic nitrogens is 2. The predicted octanol–water partition coefficient (Wildman–Crippen LogP) is 5.19. The van der Waals surface area contributed by atoms with E-state index in [1.165, 1.54) is 17.8 Å². The van der Waals surface area contributed by atoms with Gasteiger partial charge in [0.1, 0.15) is 15.9 Å². The summed E-state index contributed by atoms with van der Waals surface area (Å²) >= 11 is 1.40. The van der Waals surface area contributed by atoms with Crippen LogP contribution in [0.2, 0.25) is 0 Å². The van der Waals surface area contributed by atoms with Crippen LogP contribution in [0.3, 0.4) is 0 Å². The Morgan fingerprint density at radius 1 is 1.26 bits per heavy atom. The second-order valence-electron chi connectivity index (χ2n) is 9.36. The van der Waals surface area contributed by atoms with Gasteiger partial charge in [-0.05, 0) is 70.0 Å². The summed E-state index contributed by atoms with van der Waals surface area (Å²) in [5, 5.41) is 11.8. The van der Waals surface area contributed by atoms with E-state index < -0.39 is 0 Å². The lowest BCUT2D eigenvalue weighted by Gasteiger charge is -2.49. The summed E-state index contributed by atoms with van der Waals surface area (Å²) in [7, 11) is 3.75. The monoisotopic (exact) mass is 441 g/mol. The third-order valence-electron chi connectivity index (χ3n) is 5.62. The molecule has 2 N–H and O–H groups in total. The fraction of sp³-hybridized carbons (Fsp3) is 0.458. The van der Waals surface area contributed by atoms with Crippen molar-refractivity contribution in [2.45, 2.75) is 57.7 Å². The molecule has 0 spiro atoms. The quantitative estimate of drug-likeness (QED) is 0.381. The highest BCUT2D eigenvalue weighted by Crippen LogP contribution is 2.35. The first kappa shape index (κ1) is 23.3. The van der Waals surface area contributed by atoms with Gasteiger partial charge in [-0.3, -0.25) is 10.1 Å². The van der Waals surface area contributed by atoms with Gasteiger partial charge in [-0.1, -0.05) is 18.4 Å². The van der Waals surface area contributed by atoms with E-state index in [4.69, 9.17) is 0 Å². The zero-order valence-corrected chi connectivity index (χ0v) is 20.0. The fourth-order valence-corrected chi connectivity index (χ4v) is 5.45. The molecule has 5 nitrogen and oxygen atoms in total. The SMILES string of the molecule is C=C=C(S/C(=N\C)c1ccc(-c2cn[nH]c2)cc1F)N(C)C1CC(C)(C)NC(C)(C)C1. The van der Waals surface area contributed by atoms with Crippen LogP contribution in [0.5, 0.6) is 0 Å². The lowest BCUT2D eigenvalue weighted by atomic mass is 9.79. The van der Waals surface area contributed by atoms with E-state index in [0.29, 0.717) is 16.6 Å². The third kappa shape index (κ3) is 5.48. The van der Waals surface area contributed by atoms with Gasteiger partial charge in [0.05, 0.1) is 6.20 Å². The number of benzene rings is 1. The molecule has 3 rings (SSSR count). The standard InChI is InChI=1S/C24H32FN5S/c1-8-21(30(7)18-12-23(2,3)29-24(4,5)13-18)31-22(26-6)19-10-9-16(11-20(19)25)17-14-27-28-15-17/h9-11,14-15,18,29H,1,12-13H2,2-7H3,(H,27,28)/b26-22-. The van der Waals surface area contributed by atoms with Crippen LogP contribution >= 0.6 is 11.8 Å². The molecule has 166 valence electrons. The zero-order valence-electron chi connectivity index (χ0n) is 19.2. The van der Waals surface area contributed by atoms with Crippen LogP contribution in [-0.2, 0) is 0 Å². The number of halogens is 1. The number of aliphatic imine (C=N–C) groups is 1. The number of hydrogen-bond acceptors (Lipinski definition) is 5. The summed E-state index contributed by atoms with van der Waals surface area (Å²) in [6, 6.07) is 5.48. The second-order valence-corrected chi connectivity index (χ2v) is 10.3. The summed E-state index contributed by atoms with van der Waals surface area (Å²) in [6.07, 6.45) is 5.40. The fourth-order valence-electron chi connectivity index (χ4n) is 4.53. The number of thioether (sulfide) groups is 1. The van der Waals surface area contributed by atoms with Crippen molar-refractivity contribution in [2.75, 3.05) is 14.1 Å². The molecule has 1 fully saturated rings. The molecule has 1 saturated heterocycles. The molecule has 7 heteroatoms. The first-order chi connectivity index (χ1) is 14.5.